The number of ether oxygens (including phenoxy) is 1. The Labute approximate surface area is 132 Å². The van der Waals surface area contributed by atoms with Crippen LogP contribution in [0, 0.1) is 6.92 Å². The normalized spacial score (nSPS) is 10.3. The first-order valence-electron chi connectivity index (χ1n) is 7.75. The number of carbonyl (C=O) groups is 2. The van der Waals surface area contributed by atoms with E-state index in [0.29, 0.717) is 24.2 Å². The van der Waals surface area contributed by atoms with Crippen molar-refractivity contribution in [1.82, 2.24) is 5.32 Å². The summed E-state index contributed by atoms with van der Waals surface area (Å²) < 4.78 is 4.59. The van der Waals surface area contributed by atoms with Gasteiger partial charge in [0.1, 0.15) is 0 Å². The molecular weight excluding hydrogens is 280 g/mol. The van der Waals surface area contributed by atoms with E-state index in [9.17, 15) is 9.59 Å². The summed E-state index contributed by atoms with van der Waals surface area (Å²) in [5, 5.41) is 2.92. The number of unbranched alkanes of at least 4 members (excludes halogenated alkanes) is 4. The minimum absolute atomic E-state index is 0.0736. The maximum absolute atomic E-state index is 12.0. The van der Waals surface area contributed by atoms with Crippen molar-refractivity contribution in [2.75, 3.05) is 19.4 Å². The van der Waals surface area contributed by atoms with Crippen LogP contribution in [0.25, 0.3) is 0 Å². The van der Waals surface area contributed by atoms with Gasteiger partial charge in [-0.3, -0.25) is 9.59 Å². The van der Waals surface area contributed by atoms with Gasteiger partial charge in [-0.25, -0.2) is 0 Å². The molecule has 0 saturated carbocycles. The van der Waals surface area contributed by atoms with E-state index in [1.54, 1.807) is 12.1 Å². The summed E-state index contributed by atoms with van der Waals surface area (Å²) >= 11 is 0. The molecule has 0 spiro atoms. The predicted octanol–water partition coefficient (Wildman–Crippen LogP) is 2.82. The van der Waals surface area contributed by atoms with Gasteiger partial charge >= 0.3 is 5.97 Å². The number of hydrogen-bond donors (Lipinski definition) is 2. The number of aryl methyl sites for hydroxylation is 1. The molecule has 0 aliphatic rings. The van der Waals surface area contributed by atoms with Crippen LogP contribution in [0.5, 0.6) is 0 Å². The van der Waals surface area contributed by atoms with E-state index in [4.69, 9.17) is 5.73 Å². The number of methoxy groups -OCH3 is 1. The number of esters is 1. The fourth-order valence-corrected chi connectivity index (χ4v) is 2.21. The van der Waals surface area contributed by atoms with Gasteiger partial charge in [0.2, 0.25) is 0 Å². The molecule has 0 heterocycles. The van der Waals surface area contributed by atoms with Crippen LogP contribution in [-0.4, -0.2) is 25.5 Å². The van der Waals surface area contributed by atoms with Crippen molar-refractivity contribution in [2.24, 2.45) is 0 Å². The predicted molar refractivity (Wildman–Crippen MR) is 87.6 cm³/mol. The largest absolute Gasteiger partial charge is 0.469 e. The Hall–Kier alpha value is -2.04. The molecular formula is C17H26N2O3. The van der Waals surface area contributed by atoms with Gasteiger partial charge in [0, 0.05) is 24.2 Å². The van der Waals surface area contributed by atoms with Crippen LogP contribution in [-0.2, 0) is 9.53 Å². The summed E-state index contributed by atoms with van der Waals surface area (Å²) in [5.41, 5.74) is 7.87. The number of anilines is 1. The Morgan fingerprint density at radius 1 is 1.14 bits per heavy atom. The summed E-state index contributed by atoms with van der Waals surface area (Å²) in [5.74, 6) is -0.222. The standard InChI is InChI=1S/C17H26N2O3/c1-13-9-10-14(18)12-15(13)17(21)19-11-7-5-3-4-6-8-16(20)22-2/h9-10,12H,3-8,11,18H2,1-2H3,(H,19,21). The van der Waals surface area contributed by atoms with E-state index in [1.165, 1.54) is 7.11 Å². The van der Waals surface area contributed by atoms with Crippen molar-refractivity contribution in [3.8, 4) is 0 Å². The van der Waals surface area contributed by atoms with Gasteiger partial charge in [0.15, 0.2) is 0 Å². The number of benzene rings is 1. The molecule has 0 bridgehead atoms. The summed E-state index contributed by atoms with van der Waals surface area (Å²) in [4.78, 5) is 23.0. The SMILES string of the molecule is COC(=O)CCCCCCCNC(=O)c1cc(N)ccc1C. The molecule has 0 aliphatic carbocycles. The lowest BCUT2D eigenvalue weighted by Crippen LogP contribution is -2.25. The van der Waals surface area contributed by atoms with Gasteiger partial charge in [-0.05, 0) is 37.5 Å². The molecule has 5 nitrogen and oxygen atoms in total. The maximum atomic E-state index is 12.0. The van der Waals surface area contributed by atoms with Crippen molar-refractivity contribution in [2.45, 2.75) is 45.4 Å². The summed E-state index contributed by atoms with van der Waals surface area (Å²) in [7, 11) is 1.41. The van der Waals surface area contributed by atoms with Crippen LogP contribution in [0.4, 0.5) is 5.69 Å². The number of nitrogens with two attached hydrogens (primary N) is 1. The molecule has 0 saturated heterocycles. The van der Waals surface area contributed by atoms with Crippen LogP contribution in [0.15, 0.2) is 18.2 Å². The Balaban J connectivity index is 2.13. The van der Waals surface area contributed by atoms with Gasteiger partial charge < -0.3 is 15.8 Å². The van der Waals surface area contributed by atoms with Crippen LogP contribution in [0.3, 0.4) is 0 Å². The van der Waals surface area contributed by atoms with Crippen molar-refractivity contribution in [3.63, 3.8) is 0 Å². The smallest absolute Gasteiger partial charge is 0.305 e. The number of amides is 1. The van der Waals surface area contributed by atoms with Crippen LogP contribution in [0.1, 0.15) is 54.4 Å². The fraction of sp³-hybridized carbons (Fsp3) is 0.529. The van der Waals surface area contributed by atoms with E-state index < -0.39 is 0 Å². The highest BCUT2D eigenvalue weighted by Gasteiger charge is 2.08. The lowest BCUT2D eigenvalue weighted by molar-refractivity contribution is -0.140. The van der Waals surface area contributed by atoms with Crippen molar-refractivity contribution in [1.29, 1.82) is 0 Å². The van der Waals surface area contributed by atoms with Gasteiger partial charge in [-0.15, -0.1) is 0 Å². The second-order valence-corrected chi connectivity index (χ2v) is 5.42. The molecule has 0 atom stereocenters. The van der Waals surface area contributed by atoms with Crippen LogP contribution < -0.4 is 11.1 Å². The van der Waals surface area contributed by atoms with Crippen LogP contribution >= 0.6 is 0 Å². The minimum atomic E-state index is -0.148. The third kappa shape index (κ3) is 6.61. The van der Waals surface area contributed by atoms with Crippen LogP contribution in [0.2, 0.25) is 0 Å². The molecule has 0 aromatic heterocycles. The van der Waals surface area contributed by atoms with Crippen molar-refractivity contribution < 1.29 is 14.3 Å². The molecule has 1 aromatic carbocycles. The first-order valence-corrected chi connectivity index (χ1v) is 7.75. The number of carbonyl (C=O) groups excluding carboxylic acids is 2. The van der Waals surface area contributed by atoms with Gasteiger partial charge in [-0.1, -0.05) is 25.3 Å². The topological polar surface area (TPSA) is 81.4 Å². The highest BCUT2D eigenvalue weighted by molar-refractivity contribution is 5.96. The zero-order valence-electron chi connectivity index (χ0n) is 13.5. The maximum Gasteiger partial charge on any atom is 0.305 e. The molecule has 122 valence electrons. The zero-order chi connectivity index (χ0) is 16.4. The first kappa shape index (κ1) is 18.0. The Bertz CT molecular complexity index is 501. The van der Waals surface area contributed by atoms with Gasteiger partial charge in [0.05, 0.1) is 7.11 Å². The van der Waals surface area contributed by atoms with E-state index in [1.807, 2.05) is 13.0 Å². The zero-order valence-corrected chi connectivity index (χ0v) is 13.5. The molecule has 1 aromatic rings. The summed E-state index contributed by atoms with van der Waals surface area (Å²) in [6, 6.07) is 5.35. The first-order chi connectivity index (χ1) is 10.5. The lowest BCUT2D eigenvalue weighted by atomic mass is 10.1. The number of hydrogen-bond acceptors (Lipinski definition) is 4. The Morgan fingerprint density at radius 3 is 2.55 bits per heavy atom. The third-order valence-corrected chi connectivity index (χ3v) is 3.58. The summed E-state index contributed by atoms with van der Waals surface area (Å²) in [6.07, 6.45) is 5.40. The van der Waals surface area contributed by atoms with Gasteiger partial charge in [0.25, 0.3) is 5.91 Å². The molecule has 0 fully saturated rings. The number of nitrogen functional groups attached to an aromatic ring is 1. The van der Waals surface area contributed by atoms with E-state index in [2.05, 4.69) is 10.1 Å². The summed E-state index contributed by atoms with van der Waals surface area (Å²) in [6.45, 7) is 2.56. The Kier molecular flexibility index (Phi) is 8.04. The average Bonchev–Trinajstić information content (AvgIpc) is 2.51. The number of nitrogens with one attached hydrogen (secondary N) is 1. The van der Waals surface area contributed by atoms with E-state index >= 15 is 0 Å². The number of rotatable bonds is 9. The lowest BCUT2D eigenvalue weighted by Gasteiger charge is -2.08. The fourth-order valence-electron chi connectivity index (χ4n) is 2.21. The molecule has 5 heteroatoms. The molecule has 0 aliphatic heterocycles. The minimum Gasteiger partial charge on any atom is -0.469 e. The second-order valence-electron chi connectivity index (χ2n) is 5.42. The van der Waals surface area contributed by atoms with Crippen molar-refractivity contribution in [3.05, 3.63) is 29.3 Å². The quantitative estimate of drug-likeness (QED) is 0.417. The second kappa shape index (κ2) is 9.82. The van der Waals surface area contributed by atoms with Gasteiger partial charge in [-0.2, -0.15) is 0 Å². The Morgan fingerprint density at radius 2 is 1.82 bits per heavy atom. The molecule has 1 amide bonds. The van der Waals surface area contributed by atoms with E-state index in [-0.39, 0.29) is 11.9 Å². The molecule has 1 rings (SSSR count). The molecule has 3 N–H and O–H groups in total. The van der Waals surface area contributed by atoms with E-state index in [0.717, 1.165) is 37.7 Å². The highest BCUT2D eigenvalue weighted by Crippen LogP contribution is 2.12. The third-order valence-electron chi connectivity index (χ3n) is 3.58. The molecule has 0 radical (unpaired) electrons. The molecule has 22 heavy (non-hydrogen) atoms. The highest BCUT2D eigenvalue weighted by atomic mass is 16.5. The molecule has 0 unspecified atom stereocenters. The average molecular weight is 306 g/mol. The van der Waals surface area contributed by atoms with Crippen molar-refractivity contribution >= 4 is 17.6 Å². The monoisotopic (exact) mass is 306 g/mol.